The molecule has 27 heavy (non-hydrogen) atoms. The first kappa shape index (κ1) is 16.5. The van der Waals surface area contributed by atoms with E-state index in [0.717, 1.165) is 43.7 Å². The van der Waals surface area contributed by atoms with Gasteiger partial charge in [0.05, 0.1) is 22.0 Å². The molecule has 136 valence electrons. The minimum Gasteiger partial charge on any atom is -0.453 e. The molecule has 4 nitrogen and oxygen atoms in total. The lowest BCUT2D eigenvalue weighted by Crippen LogP contribution is -2.14. The predicted molar refractivity (Wildman–Crippen MR) is 112 cm³/mol. The highest BCUT2D eigenvalue weighted by Gasteiger charge is 2.24. The first-order valence-electron chi connectivity index (χ1n) is 9.10. The number of furan rings is 1. The summed E-state index contributed by atoms with van der Waals surface area (Å²) in [5.74, 6) is 0.890. The summed E-state index contributed by atoms with van der Waals surface area (Å²) in [6.07, 6.45) is 3.80. The van der Waals surface area contributed by atoms with Gasteiger partial charge in [-0.05, 0) is 54.7 Å². The molecule has 5 rings (SSSR count). The number of aryl methyl sites for hydroxylation is 2. The van der Waals surface area contributed by atoms with Gasteiger partial charge in [-0.1, -0.05) is 20.8 Å². The van der Waals surface area contributed by atoms with Gasteiger partial charge in [-0.15, -0.1) is 11.3 Å². The summed E-state index contributed by atoms with van der Waals surface area (Å²) in [5.41, 5.74) is 6.21. The van der Waals surface area contributed by atoms with E-state index >= 15 is 0 Å². The van der Waals surface area contributed by atoms with E-state index in [2.05, 4.69) is 64.0 Å². The van der Waals surface area contributed by atoms with Crippen LogP contribution in [0.5, 0.6) is 0 Å². The molecule has 0 aliphatic heterocycles. The second-order valence-electron chi connectivity index (χ2n) is 8.16. The third kappa shape index (κ3) is 2.34. The summed E-state index contributed by atoms with van der Waals surface area (Å²) in [7, 11) is 0. The van der Waals surface area contributed by atoms with Crippen molar-refractivity contribution in [3.8, 4) is 10.6 Å². The Hall–Kier alpha value is -2.66. The fourth-order valence-corrected chi connectivity index (χ4v) is 4.60. The first-order valence-corrected chi connectivity index (χ1v) is 9.92. The number of pyridine rings is 2. The second kappa shape index (κ2) is 5.42. The molecule has 0 saturated heterocycles. The number of fused-ring (bicyclic) bond motifs is 6. The highest BCUT2D eigenvalue weighted by atomic mass is 32.1. The van der Waals surface area contributed by atoms with Crippen LogP contribution in [0.3, 0.4) is 0 Å². The van der Waals surface area contributed by atoms with Crippen LogP contribution in [0.1, 0.15) is 36.8 Å². The Balaban J connectivity index is 1.99. The van der Waals surface area contributed by atoms with Crippen molar-refractivity contribution < 1.29 is 4.42 Å². The minimum atomic E-state index is -0.0148. The number of hydrogen-bond donors (Lipinski definition) is 0. The van der Waals surface area contributed by atoms with Crippen LogP contribution in [0.2, 0.25) is 0 Å². The van der Waals surface area contributed by atoms with Crippen LogP contribution >= 0.6 is 11.3 Å². The zero-order valence-corrected chi connectivity index (χ0v) is 16.9. The average Bonchev–Trinajstić information content (AvgIpc) is 3.31. The summed E-state index contributed by atoms with van der Waals surface area (Å²) >= 11 is 1.74. The van der Waals surface area contributed by atoms with Gasteiger partial charge in [-0.25, -0.2) is 4.52 Å². The zero-order chi connectivity index (χ0) is 18.9. The monoisotopic (exact) mass is 375 g/mol. The molecule has 5 aromatic rings. The molecule has 0 aliphatic rings. The lowest BCUT2D eigenvalue weighted by atomic mass is 9.86. The molecule has 0 saturated carbocycles. The maximum atomic E-state index is 6.36. The lowest BCUT2D eigenvalue weighted by molar-refractivity contribution is 0.592. The molecular formula is C22H21N3OS. The largest absolute Gasteiger partial charge is 0.453 e. The smallest absolute Gasteiger partial charge is 0.163 e. The SMILES string of the molecule is Cc1ccc(-c2cc3c4nccc(C(C)(C)C)c4n4ncc(C)c4c3o2)s1. The van der Waals surface area contributed by atoms with E-state index in [1.165, 1.54) is 10.4 Å². The summed E-state index contributed by atoms with van der Waals surface area (Å²) < 4.78 is 8.37. The fourth-order valence-electron chi connectivity index (χ4n) is 3.78. The van der Waals surface area contributed by atoms with Crippen LogP contribution < -0.4 is 0 Å². The molecule has 0 radical (unpaired) electrons. The van der Waals surface area contributed by atoms with E-state index in [1.807, 2.05) is 16.9 Å². The van der Waals surface area contributed by atoms with Gasteiger partial charge in [-0.3, -0.25) is 4.98 Å². The lowest BCUT2D eigenvalue weighted by Gasteiger charge is -2.21. The quantitative estimate of drug-likeness (QED) is 0.347. The number of nitrogens with zero attached hydrogens (tertiary/aromatic N) is 3. The van der Waals surface area contributed by atoms with Gasteiger partial charge in [0.2, 0.25) is 0 Å². The molecule has 0 atom stereocenters. The van der Waals surface area contributed by atoms with Crippen molar-refractivity contribution in [1.29, 1.82) is 0 Å². The Kier molecular flexibility index (Phi) is 3.32. The Morgan fingerprint density at radius 2 is 1.89 bits per heavy atom. The van der Waals surface area contributed by atoms with E-state index in [4.69, 9.17) is 9.40 Å². The molecule has 5 heteroatoms. The number of aromatic nitrogens is 3. The Morgan fingerprint density at radius 1 is 1.07 bits per heavy atom. The van der Waals surface area contributed by atoms with Crippen LogP contribution in [-0.4, -0.2) is 14.6 Å². The van der Waals surface area contributed by atoms with Crippen LogP contribution in [-0.2, 0) is 5.41 Å². The van der Waals surface area contributed by atoms with Crippen molar-refractivity contribution in [3.63, 3.8) is 0 Å². The summed E-state index contributed by atoms with van der Waals surface area (Å²) in [5, 5.41) is 5.73. The van der Waals surface area contributed by atoms with Crippen molar-refractivity contribution in [2.24, 2.45) is 0 Å². The van der Waals surface area contributed by atoms with Crippen LogP contribution in [0.25, 0.3) is 38.2 Å². The summed E-state index contributed by atoms with van der Waals surface area (Å²) in [6.45, 7) is 10.9. The molecule has 5 aromatic heterocycles. The van der Waals surface area contributed by atoms with Gasteiger partial charge in [0.15, 0.2) is 5.58 Å². The Bertz CT molecular complexity index is 1330. The highest BCUT2D eigenvalue weighted by Crippen LogP contribution is 2.40. The molecule has 0 aliphatic carbocycles. The van der Waals surface area contributed by atoms with Gasteiger partial charge >= 0.3 is 0 Å². The van der Waals surface area contributed by atoms with Gasteiger partial charge in [-0.2, -0.15) is 5.10 Å². The molecule has 0 amide bonds. The standard InChI is InChI=1S/C22H21N3OS/c1-12-11-24-25-19(12)21-14(10-16(26-21)17-7-6-13(2)27-17)18-20(25)15(8-9-23-18)22(3,4)5/h6-11H,1-5H3. The topological polar surface area (TPSA) is 43.3 Å². The molecule has 0 fully saturated rings. The Morgan fingerprint density at radius 3 is 2.59 bits per heavy atom. The van der Waals surface area contributed by atoms with Gasteiger partial charge in [0.1, 0.15) is 16.8 Å². The third-order valence-corrected chi connectivity index (χ3v) is 6.10. The van der Waals surface area contributed by atoms with Gasteiger partial charge < -0.3 is 4.42 Å². The van der Waals surface area contributed by atoms with E-state index in [0.29, 0.717) is 0 Å². The molecule has 0 aromatic carbocycles. The van der Waals surface area contributed by atoms with Crippen molar-refractivity contribution >= 4 is 38.9 Å². The predicted octanol–water partition coefficient (Wildman–Crippen LogP) is 6.27. The van der Waals surface area contributed by atoms with Gasteiger partial charge in [0, 0.05) is 11.1 Å². The maximum Gasteiger partial charge on any atom is 0.163 e. The van der Waals surface area contributed by atoms with E-state index in [-0.39, 0.29) is 5.41 Å². The molecule has 5 heterocycles. The fraction of sp³-hybridized carbons (Fsp3) is 0.273. The van der Waals surface area contributed by atoms with Crippen LogP contribution in [0.15, 0.2) is 41.1 Å². The summed E-state index contributed by atoms with van der Waals surface area (Å²) in [4.78, 5) is 7.15. The average molecular weight is 375 g/mol. The molecular weight excluding hydrogens is 354 g/mol. The first-order chi connectivity index (χ1) is 12.8. The zero-order valence-electron chi connectivity index (χ0n) is 16.1. The van der Waals surface area contributed by atoms with E-state index in [1.54, 1.807) is 11.3 Å². The normalized spacial score (nSPS) is 12.6. The number of rotatable bonds is 1. The molecule has 0 bridgehead atoms. The highest BCUT2D eigenvalue weighted by molar-refractivity contribution is 7.15. The second-order valence-corrected chi connectivity index (χ2v) is 9.45. The molecule has 0 unspecified atom stereocenters. The van der Waals surface area contributed by atoms with E-state index < -0.39 is 0 Å². The van der Waals surface area contributed by atoms with E-state index in [9.17, 15) is 0 Å². The Labute approximate surface area is 161 Å². The number of thiophene rings is 1. The molecule has 0 N–H and O–H groups in total. The van der Waals surface area contributed by atoms with Crippen molar-refractivity contribution in [2.75, 3.05) is 0 Å². The number of hydrogen-bond acceptors (Lipinski definition) is 4. The summed E-state index contributed by atoms with van der Waals surface area (Å²) in [6, 6.07) is 8.48. The van der Waals surface area contributed by atoms with Gasteiger partial charge in [0.25, 0.3) is 0 Å². The van der Waals surface area contributed by atoms with Crippen LogP contribution in [0.4, 0.5) is 0 Å². The maximum absolute atomic E-state index is 6.36. The van der Waals surface area contributed by atoms with Crippen molar-refractivity contribution in [1.82, 2.24) is 14.6 Å². The van der Waals surface area contributed by atoms with Crippen molar-refractivity contribution in [2.45, 2.75) is 40.0 Å². The third-order valence-electron chi connectivity index (χ3n) is 5.08. The minimum absolute atomic E-state index is 0.0148. The van der Waals surface area contributed by atoms with Crippen molar-refractivity contribution in [3.05, 3.63) is 52.7 Å². The molecule has 0 spiro atoms. The van der Waals surface area contributed by atoms with Crippen LogP contribution in [0, 0.1) is 13.8 Å².